The molecule has 0 aliphatic heterocycles. The highest BCUT2D eigenvalue weighted by Crippen LogP contribution is 2.64. The van der Waals surface area contributed by atoms with Crippen molar-refractivity contribution in [3.63, 3.8) is 0 Å². The molecule has 2 aliphatic rings. The Morgan fingerprint density at radius 3 is 1.68 bits per heavy atom. The zero-order valence-corrected chi connectivity index (χ0v) is 33.8. The number of benzene rings is 9. The van der Waals surface area contributed by atoms with Crippen molar-refractivity contribution in [3.05, 3.63) is 229 Å². The first-order valence-corrected chi connectivity index (χ1v) is 21.4. The maximum atomic E-state index is 6.38. The Morgan fingerprint density at radius 1 is 0.365 bits per heavy atom. The minimum Gasteiger partial charge on any atom is -0.456 e. The molecule has 0 saturated heterocycles. The molecule has 0 unspecified atom stereocenters. The molecule has 9 aromatic carbocycles. The molecule has 63 heavy (non-hydrogen) atoms. The SMILES string of the molecule is c1ccc(-c2ccc(-c3nc(-c4ccc5c(c4)oc4ccccc45)nc(-n4c5ccccc5c5c6c(ccc54)C4(c5ccccc5-c5ccccc54)c4ccccc4-6)n3)cc2)cc1. The highest BCUT2D eigenvalue weighted by molar-refractivity contribution is 6.18. The lowest BCUT2D eigenvalue weighted by atomic mass is 9.70. The van der Waals surface area contributed by atoms with Gasteiger partial charge in [0.1, 0.15) is 11.2 Å². The first kappa shape index (κ1) is 34.3. The minimum atomic E-state index is -0.453. The molecule has 5 nitrogen and oxygen atoms in total. The molecule has 3 heterocycles. The van der Waals surface area contributed by atoms with Crippen molar-refractivity contribution in [1.29, 1.82) is 0 Å². The lowest BCUT2D eigenvalue weighted by Crippen LogP contribution is -2.25. The number of furan rings is 1. The summed E-state index contributed by atoms with van der Waals surface area (Å²) in [7, 11) is 0. The third-order valence-electron chi connectivity index (χ3n) is 13.5. The fourth-order valence-corrected chi connectivity index (χ4v) is 10.9. The Balaban J connectivity index is 1.04. The van der Waals surface area contributed by atoms with Crippen LogP contribution in [0.4, 0.5) is 0 Å². The summed E-state index contributed by atoms with van der Waals surface area (Å²) in [5.74, 6) is 1.71. The molecule has 292 valence electrons. The van der Waals surface area contributed by atoms with E-state index in [-0.39, 0.29) is 0 Å². The summed E-state index contributed by atoms with van der Waals surface area (Å²) in [5, 5.41) is 4.48. The van der Waals surface area contributed by atoms with E-state index in [1.165, 1.54) is 49.9 Å². The molecule has 0 amide bonds. The molecule has 3 aromatic heterocycles. The first-order chi connectivity index (χ1) is 31.2. The van der Waals surface area contributed by atoms with E-state index in [0.717, 1.165) is 60.6 Å². The summed E-state index contributed by atoms with van der Waals surface area (Å²) in [6.45, 7) is 0. The predicted octanol–water partition coefficient (Wildman–Crippen LogP) is 14.2. The molecule has 0 fully saturated rings. The largest absolute Gasteiger partial charge is 0.456 e. The zero-order chi connectivity index (χ0) is 41.2. The van der Waals surface area contributed by atoms with E-state index >= 15 is 0 Å². The standard InChI is InChI=1S/C58H34N4O/c1-2-14-35(15-3-1)36-26-28-37(29-27-36)55-59-56(38-30-31-42-41-18-8-13-25-51(41)63-52(42)34-38)61-57(60-55)62-49-24-12-7-20-44(49)54-50(62)33-32-48-53(54)43-19-6-11-23-47(43)58(48)45-21-9-4-16-39(45)40-17-5-10-22-46(40)58/h1-34H. The number of nitrogens with zero attached hydrogens (tertiary/aromatic N) is 4. The summed E-state index contributed by atoms with van der Waals surface area (Å²) in [4.78, 5) is 15.9. The third kappa shape index (κ3) is 4.68. The van der Waals surface area contributed by atoms with Crippen LogP contribution in [0.15, 0.2) is 211 Å². The van der Waals surface area contributed by atoms with E-state index in [9.17, 15) is 0 Å². The van der Waals surface area contributed by atoms with Crippen molar-refractivity contribution in [2.45, 2.75) is 5.41 Å². The van der Waals surface area contributed by atoms with Crippen LogP contribution in [0.5, 0.6) is 0 Å². The molecule has 2 aliphatic carbocycles. The van der Waals surface area contributed by atoms with E-state index in [0.29, 0.717) is 17.6 Å². The van der Waals surface area contributed by atoms with E-state index < -0.39 is 5.41 Å². The summed E-state index contributed by atoms with van der Waals surface area (Å²) >= 11 is 0. The number of rotatable bonds is 4. The van der Waals surface area contributed by atoms with Gasteiger partial charge in [-0.05, 0) is 86.0 Å². The zero-order valence-electron chi connectivity index (χ0n) is 33.8. The predicted molar refractivity (Wildman–Crippen MR) is 254 cm³/mol. The van der Waals surface area contributed by atoms with Crippen molar-refractivity contribution >= 4 is 43.7 Å². The molecule has 0 saturated carbocycles. The normalized spacial score (nSPS) is 13.2. The molecule has 5 heteroatoms. The van der Waals surface area contributed by atoms with Gasteiger partial charge in [0.2, 0.25) is 5.95 Å². The number of aromatic nitrogens is 4. The van der Waals surface area contributed by atoms with Gasteiger partial charge in [0, 0.05) is 32.7 Å². The average molecular weight is 803 g/mol. The van der Waals surface area contributed by atoms with Gasteiger partial charge >= 0.3 is 0 Å². The summed E-state index contributed by atoms with van der Waals surface area (Å²) < 4.78 is 8.62. The van der Waals surface area contributed by atoms with Crippen LogP contribution in [0.2, 0.25) is 0 Å². The monoisotopic (exact) mass is 802 g/mol. The van der Waals surface area contributed by atoms with Crippen LogP contribution in [0.25, 0.3) is 106 Å². The van der Waals surface area contributed by atoms with Gasteiger partial charge < -0.3 is 4.42 Å². The third-order valence-corrected chi connectivity index (χ3v) is 13.5. The second-order valence-electron chi connectivity index (χ2n) is 16.7. The Kier molecular flexibility index (Phi) is 6.97. The van der Waals surface area contributed by atoms with Gasteiger partial charge in [0.15, 0.2) is 11.6 Å². The molecular formula is C58H34N4O. The van der Waals surface area contributed by atoms with Gasteiger partial charge in [-0.2, -0.15) is 9.97 Å². The Hall–Kier alpha value is -8.41. The molecule has 0 N–H and O–H groups in total. The van der Waals surface area contributed by atoms with E-state index in [1.54, 1.807) is 0 Å². The minimum absolute atomic E-state index is 0.453. The molecular weight excluding hydrogens is 769 g/mol. The van der Waals surface area contributed by atoms with E-state index in [2.05, 4.69) is 187 Å². The van der Waals surface area contributed by atoms with Crippen molar-refractivity contribution in [2.75, 3.05) is 0 Å². The summed E-state index contributed by atoms with van der Waals surface area (Å²) in [6.07, 6.45) is 0. The highest BCUT2D eigenvalue weighted by Gasteiger charge is 2.52. The molecule has 0 atom stereocenters. The van der Waals surface area contributed by atoms with Crippen molar-refractivity contribution in [3.8, 4) is 62.1 Å². The molecule has 12 aromatic rings. The Morgan fingerprint density at radius 2 is 0.921 bits per heavy atom. The van der Waals surface area contributed by atoms with Crippen molar-refractivity contribution < 1.29 is 4.42 Å². The second-order valence-corrected chi connectivity index (χ2v) is 16.7. The van der Waals surface area contributed by atoms with E-state index in [1.807, 2.05) is 24.3 Å². The maximum absolute atomic E-state index is 6.38. The van der Waals surface area contributed by atoms with E-state index in [4.69, 9.17) is 19.4 Å². The number of fused-ring (bicyclic) bond motifs is 17. The summed E-state index contributed by atoms with van der Waals surface area (Å²) in [5.41, 5.74) is 17.7. The van der Waals surface area contributed by atoms with Crippen LogP contribution in [-0.4, -0.2) is 19.5 Å². The van der Waals surface area contributed by atoms with Crippen molar-refractivity contribution in [1.82, 2.24) is 19.5 Å². The van der Waals surface area contributed by atoms with Crippen LogP contribution < -0.4 is 0 Å². The lowest BCUT2D eigenvalue weighted by Gasteiger charge is -2.30. The smallest absolute Gasteiger partial charge is 0.238 e. The van der Waals surface area contributed by atoms with Gasteiger partial charge in [-0.3, -0.25) is 4.57 Å². The van der Waals surface area contributed by atoms with Crippen molar-refractivity contribution in [2.24, 2.45) is 0 Å². The van der Waals surface area contributed by atoms with Gasteiger partial charge in [-0.25, -0.2) is 4.98 Å². The van der Waals surface area contributed by atoms with Crippen LogP contribution in [-0.2, 0) is 5.41 Å². The van der Waals surface area contributed by atoms with Gasteiger partial charge in [0.25, 0.3) is 0 Å². The van der Waals surface area contributed by atoms with Gasteiger partial charge in [-0.1, -0.05) is 176 Å². The van der Waals surface area contributed by atoms with Gasteiger partial charge in [-0.15, -0.1) is 0 Å². The average Bonchev–Trinajstić information content (AvgIpc) is 4.07. The number of hydrogen-bond acceptors (Lipinski definition) is 4. The number of para-hydroxylation sites is 2. The number of hydrogen-bond donors (Lipinski definition) is 0. The topological polar surface area (TPSA) is 56.7 Å². The van der Waals surface area contributed by atoms with Crippen LogP contribution in [0.3, 0.4) is 0 Å². The lowest BCUT2D eigenvalue weighted by molar-refractivity contribution is 0.669. The highest BCUT2D eigenvalue weighted by atomic mass is 16.3. The summed E-state index contributed by atoms with van der Waals surface area (Å²) in [6, 6.07) is 73.7. The molecule has 14 rings (SSSR count). The van der Waals surface area contributed by atoms with Crippen LogP contribution in [0, 0.1) is 0 Å². The Bertz CT molecular complexity index is 3810. The first-order valence-electron chi connectivity index (χ1n) is 21.4. The fraction of sp³-hybridized carbons (Fsp3) is 0.0172. The maximum Gasteiger partial charge on any atom is 0.238 e. The Labute approximate surface area is 362 Å². The van der Waals surface area contributed by atoms with Gasteiger partial charge in [0.05, 0.1) is 16.4 Å². The molecule has 0 radical (unpaired) electrons. The quantitative estimate of drug-likeness (QED) is 0.178. The fourth-order valence-electron chi connectivity index (χ4n) is 10.9. The van der Waals surface area contributed by atoms with Crippen LogP contribution >= 0.6 is 0 Å². The molecule has 1 spiro atoms. The molecule has 0 bridgehead atoms. The second kappa shape index (κ2) is 12.8. The van der Waals surface area contributed by atoms with Crippen LogP contribution in [0.1, 0.15) is 22.3 Å².